The second-order valence-electron chi connectivity index (χ2n) is 9.60. The zero-order valence-electron chi connectivity index (χ0n) is 21.4. The number of benzene rings is 1. The molecular formula is C25H28F4N8O2. The van der Waals surface area contributed by atoms with Gasteiger partial charge in [-0.25, -0.2) is 14.4 Å². The number of aromatic amines is 1. The first-order valence-corrected chi connectivity index (χ1v) is 12.5. The summed E-state index contributed by atoms with van der Waals surface area (Å²) in [5, 5.41) is 7.86. The summed E-state index contributed by atoms with van der Waals surface area (Å²) in [4.78, 5) is 27.8. The SMILES string of the molecule is C[C@@H]1CN(c2cc(F)c(-c3cnc(N4CCOCC4)nc3)cc2NC(=O)c2c[nH]nc2C(F)(F)F)CCN1C. The quantitative estimate of drug-likeness (QED) is 0.469. The molecule has 0 spiro atoms. The monoisotopic (exact) mass is 548 g/mol. The second kappa shape index (κ2) is 10.8. The molecule has 0 radical (unpaired) electrons. The molecule has 2 N–H and O–H groups in total. The zero-order valence-corrected chi connectivity index (χ0v) is 21.4. The Balaban J connectivity index is 1.50. The Labute approximate surface area is 222 Å². The van der Waals surface area contributed by atoms with Gasteiger partial charge in [-0.05, 0) is 26.1 Å². The summed E-state index contributed by atoms with van der Waals surface area (Å²) in [6, 6.07) is 2.84. The highest BCUT2D eigenvalue weighted by Gasteiger charge is 2.38. The van der Waals surface area contributed by atoms with E-state index in [1.807, 2.05) is 23.8 Å². The fourth-order valence-corrected chi connectivity index (χ4v) is 4.67. The van der Waals surface area contributed by atoms with E-state index in [4.69, 9.17) is 4.74 Å². The number of anilines is 3. The average Bonchev–Trinajstić information content (AvgIpc) is 3.43. The molecule has 5 rings (SSSR count). The molecule has 3 aromatic rings. The number of nitrogens with one attached hydrogen (secondary N) is 2. The summed E-state index contributed by atoms with van der Waals surface area (Å²) in [6.07, 6.45) is -0.969. The van der Waals surface area contributed by atoms with Crippen molar-refractivity contribution in [3.8, 4) is 11.1 Å². The molecule has 2 fully saturated rings. The van der Waals surface area contributed by atoms with Gasteiger partial charge in [-0.2, -0.15) is 18.3 Å². The van der Waals surface area contributed by atoms with E-state index in [9.17, 15) is 18.0 Å². The Bertz CT molecular complexity index is 1320. The largest absolute Gasteiger partial charge is 0.435 e. The van der Waals surface area contributed by atoms with Gasteiger partial charge in [0.2, 0.25) is 5.95 Å². The molecule has 2 aliphatic heterocycles. The molecule has 208 valence electrons. The first-order valence-electron chi connectivity index (χ1n) is 12.5. The molecule has 0 bridgehead atoms. The lowest BCUT2D eigenvalue weighted by atomic mass is 10.0. The summed E-state index contributed by atoms with van der Waals surface area (Å²) in [5.41, 5.74) is -0.994. The van der Waals surface area contributed by atoms with Crippen molar-refractivity contribution >= 4 is 23.2 Å². The summed E-state index contributed by atoms with van der Waals surface area (Å²) in [5.74, 6) is -1.11. The summed E-state index contributed by atoms with van der Waals surface area (Å²) < 4.78 is 61.0. The van der Waals surface area contributed by atoms with Crippen LogP contribution in [0.2, 0.25) is 0 Å². The first-order chi connectivity index (χ1) is 18.6. The van der Waals surface area contributed by atoms with Crippen molar-refractivity contribution in [2.45, 2.75) is 19.1 Å². The molecule has 39 heavy (non-hydrogen) atoms. The second-order valence-corrected chi connectivity index (χ2v) is 9.60. The van der Waals surface area contributed by atoms with Crippen LogP contribution in [0, 0.1) is 5.82 Å². The summed E-state index contributed by atoms with van der Waals surface area (Å²) in [7, 11) is 1.98. The Morgan fingerprint density at radius 1 is 1.10 bits per heavy atom. The first kappa shape index (κ1) is 26.8. The number of rotatable bonds is 5. The molecule has 2 aliphatic rings. The Hall–Kier alpha value is -3.78. The fraction of sp³-hybridized carbons (Fsp3) is 0.440. The number of nitrogens with zero attached hydrogens (tertiary/aromatic N) is 6. The number of alkyl halides is 3. The minimum Gasteiger partial charge on any atom is -0.378 e. The lowest BCUT2D eigenvalue weighted by Gasteiger charge is -2.39. The maximum atomic E-state index is 15.5. The van der Waals surface area contributed by atoms with Crippen LogP contribution in [0.5, 0.6) is 0 Å². The van der Waals surface area contributed by atoms with Crippen LogP contribution in [0.25, 0.3) is 11.1 Å². The van der Waals surface area contributed by atoms with Gasteiger partial charge >= 0.3 is 6.18 Å². The van der Waals surface area contributed by atoms with E-state index >= 15 is 4.39 Å². The fourth-order valence-electron chi connectivity index (χ4n) is 4.67. The number of carbonyl (C=O) groups excluding carboxylic acids is 1. The third kappa shape index (κ3) is 5.66. The summed E-state index contributed by atoms with van der Waals surface area (Å²) in [6.45, 7) is 6.17. The van der Waals surface area contributed by atoms with Crippen LogP contribution in [-0.2, 0) is 10.9 Å². The van der Waals surface area contributed by atoms with Crippen LogP contribution in [0.1, 0.15) is 23.0 Å². The number of aromatic nitrogens is 4. The number of likely N-dealkylation sites (N-methyl/N-ethyl adjacent to an activating group) is 1. The lowest BCUT2D eigenvalue weighted by molar-refractivity contribution is -0.141. The van der Waals surface area contributed by atoms with Crippen LogP contribution in [-0.4, -0.2) is 90.0 Å². The average molecular weight is 549 g/mol. The molecule has 0 saturated carbocycles. The van der Waals surface area contributed by atoms with Crippen molar-refractivity contribution in [1.29, 1.82) is 0 Å². The number of hydrogen-bond acceptors (Lipinski definition) is 8. The molecule has 1 atom stereocenters. The van der Waals surface area contributed by atoms with Crippen molar-refractivity contribution in [3.05, 3.63) is 47.8 Å². The normalized spacial score (nSPS) is 18.9. The number of amides is 1. The topological polar surface area (TPSA) is 103 Å². The minimum atomic E-state index is -4.82. The molecular weight excluding hydrogens is 520 g/mol. The highest BCUT2D eigenvalue weighted by molar-refractivity contribution is 6.07. The maximum absolute atomic E-state index is 15.5. The van der Waals surface area contributed by atoms with E-state index in [2.05, 4.69) is 30.4 Å². The standard InChI is InChI=1S/C25H28F4N8O2/c1-15-14-37(4-3-35(15)2)21-10-19(26)17(16-11-30-24(31-12-16)36-5-7-39-8-6-36)9-20(21)33-23(38)18-13-32-34-22(18)25(27,28)29/h9-13,15H,3-8,14H2,1-2H3,(H,32,34)(H,33,38)/t15-/m1/s1. The van der Waals surface area contributed by atoms with Gasteiger partial charge in [0, 0.05) is 68.5 Å². The van der Waals surface area contributed by atoms with Crippen LogP contribution < -0.4 is 15.1 Å². The molecule has 14 heteroatoms. The summed E-state index contributed by atoms with van der Waals surface area (Å²) >= 11 is 0. The van der Waals surface area contributed by atoms with E-state index in [1.165, 1.54) is 24.5 Å². The van der Waals surface area contributed by atoms with Crippen molar-refractivity contribution < 1.29 is 27.1 Å². The number of piperazine rings is 1. The van der Waals surface area contributed by atoms with Gasteiger partial charge in [-0.3, -0.25) is 9.89 Å². The van der Waals surface area contributed by atoms with Gasteiger partial charge in [-0.15, -0.1) is 0 Å². The number of ether oxygens (including phenoxy) is 1. The molecule has 10 nitrogen and oxygen atoms in total. The molecule has 4 heterocycles. The number of halogens is 4. The van der Waals surface area contributed by atoms with Crippen molar-refractivity contribution in [3.63, 3.8) is 0 Å². The Kier molecular flexibility index (Phi) is 7.40. The van der Waals surface area contributed by atoms with Crippen LogP contribution in [0.3, 0.4) is 0 Å². The number of hydrogen-bond donors (Lipinski definition) is 2. The van der Waals surface area contributed by atoms with E-state index in [1.54, 1.807) is 0 Å². The van der Waals surface area contributed by atoms with E-state index in [-0.39, 0.29) is 17.3 Å². The van der Waals surface area contributed by atoms with Crippen LogP contribution in [0.4, 0.5) is 34.9 Å². The van der Waals surface area contributed by atoms with Gasteiger partial charge in [0.15, 0.2) is 5.69 Å². The minimum absolute atomic E-state index is 0.105. The third-order valence-electron chi connectivity index (χ3n) is 7.03. The van der Waals surface area contributed by atoms with Gasteiger partial charge in [0.25, 0.3) is 5.91 Å². The van der Waals surface area contributed by atoms with Gasteiger partial charge < -0.3 is 24.8 Å². The van der Waals surface area contributed by atoms with E-state index in [0.717, 1.165) is 6.20 Å². The van der Waals surface area contributed by atoms with Crippen molar-refractivity contribution in [2.24, 2.45) is 0 Å². The molecule has 2 saturated heterocycles. The predicted octanol–water partition coefficient (Wildman–Crippen LogP) is 3.25. The van der Waals surface area contributed by atoms with Crippen LogP contribution >= 0.6 is 0 Å². The van der Waals surface area contributed by atoms with Crippen LogP contribution in [0.15, 0.2) is 30.7 Å². The molecule has 2 aromatic heterocycles. The lowest BCUT2D eigenvalue weighted by Crippen LogP contribution is -2.50. The van der Waals surface area contributed by atoms with Gasteiger partial charge in [0.1, 0.15) is 5.82 Å². The van der Waals surface area contributed by atoms with E-state index in [0.29, 0.717) is 63.1 Å². The zero-order chi connectivity index (χ0) is 27.7. The number of carbonyl (C=O) groups is 1. The predicted molar refractivity (Wildman–Crippen MR) is 136 cm³/mol. The molecule has 1 amide bonds. The third-order valence-corrected chi connectivity index (χ3v) is 7.03. The molecule has 0 unspecified atom stereocenters. The van der Waals surface area contributed by atoms with Gasteiger partial charge in [-0.1, -0.05) is 0 Å². The van der Waals surface area contributed by atoms with Gasteiger partial charge in [0.05, 0.1) is 30.2 Å². The number of H-pyrrole nitrogens is 1. The smallest absolute Gasteiger partial charge is 0.378 e. The van der Waals surface area contributed by atoms with E-state index < -0.39 is 29.2 Å². The van der Waals surface area contributed by atoms with Crippen molar-refractivity contribution in [1.82, 2.24) is 25.1 Å². The molecule has 1 aromatic carbocycles. The van der Waals surface area contributed by atoms with Crippen molar-refractivity contribution in [2.75, 3.05) is 68.1 Å². The Morgan fingerprint density at radius 3 is 2.49 bits per heavy atom. The number of morpholine rings is 1. The highest BCUT2D eigenvalue weighted by atomic mass is 19.4. The highest BCUT2D eigenvalue weighted by Crippen LogP contribution is 2.36. The Morgan fingerprint density at radius 2 is 1.82 bits per heavy atom. The molecule has 0 aliphatic carbocycles. The maximum Gasteiger partial charge on any atom is 0.435 e.